The Labute approximate surface area is 142 Å². The van der Waals surface area contributed by atoms with Crippen LogP contribution in [0.4, 0.5) is 0 Å². The van der Waals surface area contributed by atoms with Crippen LogP contribution in [0.15, 0.2) is 16.6 Å². The first-order valence-corrected chi connectivity index (χ1v) is 7.91. The summed E-state index contributed by atoms with van der Waals surface area (Å²) in [6.07, 6.45) is 0. The van der Waals surface area contributed by atoms with Crippen LogP contribution >= 0.6 is 39.1 Å². The number of nitrogens with zero attached hydrogens (tertiary/aromatic N) is 2. The lowest BCUT2D eigenvalue weighted by Crippen LogP contribution is -2.06. The number of ether oxygens (including phenoxy) is 2. The summed E-state index contributed by atoms with van der Waals surface area (Å²) in [5.74, 6) is 1.45. The Balaban J connectivity index is 2.31. The molecule has 0 N–H and O–H groups in total. The van der Waals surface area contributed by atoms with Crippen molar-refractivity contribution >= 4 is 39.1 Å². The van der Waals surface area contributed by atoms with Gasteiger partial charge in [0.25, 0.3) is 0 Å². The van der Waals surface area contributed by atoms with Gasteiger partial charge in [0, 0.05) is 23.7 Å². The lowest BCUT2D eigenvalue weighted by molar-refractivity contribution is 0.273. The largest absolute Gasteiger partial charge is 0.493 e. The molecule has 114 valence electrons. The normalized spacial score (nSPS) is 10.8. The van der Waals surface area contributed by atoms with Crippen molar-refractivity contribution in [1.29, 1.82) is 0 Å². The average molecular weight is 394 g/mol. The average Bonchev–Trinajstić information content (AvgIpc) is 2.70. The fourth-order valence-electron chi connectivity index (χ4n) is 2.01. The second kappa shape index (κ2) is 6.90. The van der Waals surface area contributed by atoms with Gasteiger partial charge < -0.3 is 9.47 Å². The van der Waals surface area contributed by atoms with E-state index in [0.717, 1.165) is 21.4 Å². The third kappa shape index (κ3) is 3.47. The Morgan fingerprint density at radius 1 is 1.38 bits per heavy atom. The molecule has 2 aromatic rings. The molecule has 2 rings (SSSR count). The number of alkyl halides is 1. The minimum atomic E-state index is 0.290. The molecule has 0 unspecified atom stereocenters. The molecule has 21 heavy (non-hydrogen) atoms. The zero-order valence-electron chi connectivity index (χ0n) is 11.9. The Bertz CT molecular complexity index is 634. The minimum Gasteiger partial charge on any atom is -0.493 e. The number of methoxy groups -OCH3 is 1. The molecule has 0 fully saturated rings. The van der Waals surface area contributed by atoms with Gasteiger partial charge in [-0.3, -0.25) is 4.68 Å². The molecule has 0 saturated heterocycles. The van der Waals surface area contributed by atoms with Gasteiger partial charge in [0.1, 0.15) is 6.61 Å². The molecule has 0 bridgehead atoms. The Hall–Kier alpha value is -0.910. The van der Waals surface area contributed by atoms with E-state index in [1.54, 1.807) is 23.9 Å². The number of aryl methyl sites for hydroxylation is 2. The van der Waals surface area contributed by atoms with E-state index in [4.69, 9.17) is 32.7 Å². The molecular formula is C14H15BrCl2N2O2. The maximum atomic E-state index is 6.03. The van der Waals surface area contributed by atoms with Crippen molar-refractivity contribution in [3.05, 3.63) is 38.6 Å². The lowest BCUT2D eigenvalue weighted by Gasteiger charge is -2.15. The van der Waals surface area contributed by atoms with Crippen molar-refractivity contribution in [3.63, 3.8) is 0 Å². The van der Waals surface area contributed by atoms with Crippen LogP contribution in [-0.4, -0.2) is 16.9 Å². The first-order valence-electron chi connectivity index (χ1n) is 6.21. The van der Waals surface area contributed by atoms with Crippen molar-refractivity contribution in [2.75, 3.05) is 7.11 Å². The highest BCUT2D eigenvalue weighted by atomic mass is 79.9. The van der Waals surface area contributed by atoms with Gasteiger partial charge in [0.05, 0.1) is 28.9 Å². The molecule has 0 spiro atoms. The van der Waals surface area contributed by atoms with Gasteiger partial charge in [-0.1, -0.05) is 11.6 Å². The summed E-state index contributed by atoms with van der Waals surface area (Å²) < 4.78 is 13.9. The van der Waals surface area contributed by atoms with Crippen LogP contribution in [0.3, 0.4) is 0 Å². The van der Waals surface area contributed by atoms with Crippen molar-refractivity contribution in [1.82, 2.24) is 9.78 Å². The van der Waals surface area contributed by atoms with Gasteiger partial charge in [-0.2, -0.15) is 5.10 Å². The predicted octanol–water partition coefficient (Wildman–Crippen LogP) is 4.47. The molecule has 1 aromatic carbocycles. The summed E-state index contributed by atoms with van der Waals surface area (Å²) in [6.45, 7) is 2.28. The number of hydrogen-bond acceptors (Lipinski definition) is 3. The van der Waals surface area contributed by atoms with Gasteiger partial charge >= 0.3 is 0 Å². The molecular weight excluding hydrogens is 379 g/mol. The zero-order chi connectivity index (χ0) is 15.6. The highest BCUT2D eigenvalue weighted by molar-refractivity contribution is 9.10. The summed E-state index contributed by atoms with van der Waals surface area (Å²) in [7, 11) is 3.44. The van der Waals surface area contributed by atoms with E-state index in [0.29, 0.717) is 23.1 Å². The van der Waals surface area contributed by atoms with E-state index in [2.05, 4.69) is 21.0 Å². The molecule has 0 radical (unpaired) electrons. The summed E-state index contributed by atoms with van der Waals surface area (Å²) >= 11 is 15.5. The molecule has 7 heteroatoms. The standard InChI is InChI=1S/C14H15BrCl2N2O2/c1-8-13(15)11(19(2)18-8)7-21-14-9(6-16)4-10(17)5-12(14)20-3/h4-5H,6-7H2,1-3H3. The van der Waals surface area contributed by atoms with Gasteiger partial charge in [-0.15, -0.1) is 11.6 Å². The summed E-state index contributed by atoms with van der Waals surface area (Å²) in [5, 5.41) is 4.90. The molecule has 0 aliphatic heterocycles. The number of rotatable bonds is 5. The van der Waals surface area contributed by atoms with E-state index in [-0.39, 0.29) is 5.88 Å². The summed E-state index contributed by atoms with van der Waals surface area (Å²) in [4.78, 5) is 0. The number of aromatic nitrogens is 2. The highest BCUT2D eigenvalue weighted by Crippen LogP contribution is 2.36. The molecule has 0 amide bonds. The highest BCUT2D eigenvalue weighted by Gasteiger charge is 2.16. The van der Waals surface area contributed by atoms with E-state index in [9.17, 15) is 0 Å². The van der Waals surface area contributed by atoms with E-state index in [1.165, 1.54) is 0 Å². The van der Waals surface area contributed by atoms with Crippen LogP contribution in [-0.2, 0) is 19.5 Å². The van der Waals surface area contributed by atoms with Crippen LogP contribution in [0, 0.1) is 6.92 Å². The van der Waals surface area contributed by atoms with E-state index in [1.807, 2.05) is 14.0 Å². The molecule has 0 saturated carbocycles. The topological polar surface area (TPSA) is 36.3 Å². The van der Waals surface area contributed by atoms with E-state index < -0.39 is 0 Å². The molecule has 0 atom stereocenters. The SMILES string of the molecule is COc1cc(Cl)cc(CCl)c1OCc1c(Br)c(C)nn1C. The second-order valence-electron chi connectivity index (χ2n) is 4.49. The molecule has 0 aliphatic carbocycles. The van der Waals surface area contributed by atoms with Gasteiger partial charge in [0.2, 0.25) is 0 Å². The Kier molecular flexibility index (Phi) is 5.41. The van der Waals surface area contributed by atoms with Crippen LogP contribution < -0.4 is 9.47 Å². The van der Waals surface area contributed by atoms with Crippen molar-refractivity contribution in [2.24, 2.45) is 7.05 Å². The lowest BCUT2D eigenvalue weighted by atomic mass is 10.2. The first-order chi connectivity index (χ1) is 9.97. The molecule has 1 aromatic heterocycles. The van der Waals surface area contributed by atoms with Crippen LogP contribution in [0.5, 0.6) is 11.5 Å². The zero-order valence-corrected chi connectivity index (χ0v) is 15.0. The Morgan fingerprint density at radius 2 is 2.10 bits per heavy atom. The molecule has 4 nitrogen and oxygen atoms in total. The van der Waals surface area contributed by atoms with Crippen LogP contribution in [0.2, 0.25) is 5.02 Å². The number of benzene rings is 1. The molecule has 1 heterocycles. The molecule has 0 aliphatic rings. The fourth-order valence-corrected chi connectivity index (χ4v) is 2.89. The monoisotopic (exact) mass is 392 g/mol. The number of halogens is 3. The van der Waals surface area contributed by atoms with Crippen LogP contribution in [0.25, 0.3) is 0 Å². The second-order valence-corrected chi connectivity index (χ2v) is 5.98. The summed E-state index contributed by atoms with van der Waals surface area (Å²) in [5.41, 5.74) is 2.64. The third-order valence-corrected chi connectivity index (χ3v) is 4.61. The van der Waals surface area contributed by atoms with Crippen molar-refractivity contribution in [2.45, 2.75) is 19.4 Å². The van der Waals surface area contributed by atoms with Crippen LogP contribution in [0.1, 0.15) is 17.0 Å². The predicted molar refractivity (Wildman–Crippen MR) is 87.5 cm³/mol. The van der Waals surface area contributed by atoms with Gasteiger partial charge in [0.15, 0.2) is 11.5 Å². The quantitative estimate of drug-likeness (QED) is 0.703. The smallest absolute Gasteiger partial charge is 0.166 e. The fraction of sp³-hybridized carbons (Fsp3) is 0.357. The van der Waals surface area contributed by atoms with Gasteiger partial charge in [-0.25, -0.2) is 0 Å². The third-order valence-electron chi connectivity index (χ3n) is 3.08. The van der Waals surface area contributed by atoms with Gasteiger partial charge in [-0.05, 0) is 28.9 Å². The maximum absolute atomic E-state index is 6.03. The van der Waals surface area contributed by atoms with Crippen molar-refractivity contribution < 1.29 is 9.47 Å². The van der Waals surface area contributed by atoms with Crippen molar-refractivity contribution in [3.8, 4) is 11.5 Å². The number of hydrogen-bond donors (Lipinski definition) is 0. The first kappa shape index (κ1) is 16.5. The summed E-state index contributed by atoms with van der Waals surface area (Å²) in [6, 6.07) is 3.48. The van der Waals surface area contributed by atoms with E-state index >= 15 is 0 Å². The Morgan fingerprint density at radius 3 is 2.62 bits per heavy atom. The maximum Gasteiger partial charge on any atom is 0.166 e. The minimum absolute atomic E-state index is 0.290.